The van der Waals surface area contributed by atoms with Gasteiger partial charge < -0.3 is 14.8 Å². The molecule has 4 heteroatoms. The van der Waals surface area contributed by atoms with Gasteiger partial charge in [0, 0.05) is 12.2 Å². The molecule has 96 valence electrons. The summed E-state index contributed by atoms with van der Waals surface area (Å²) < 4.78 is 10.8. The van der Waals surface area contributed by atoms with Crippen molar-refractivity contribution >= 4 is 5.69 Å². The van der Waals surface area contributed by atoms with Gasteiger partial charge in [-0.15, -0.1) is 0 Å². The third-order valence-electron chi connectivity index (χ3n) is 3.54. The summed E-state index contributed by atoms with van der Waals surface area (Å²) in [6.45, 7) is 1.18. The number of nitrogens with one attached hydrogen (secondary N) is 2. The van der Waals surface area contributed by atoms with Crippen LogP contribution in [-0.4, -0.2) is 6.79 Å². The van der Waals surface area contributed by atoms with Crippen LogP contribution >= 0.6 is 0 Å². The maximum atomic E-state index is 5.42. The SMILES string of the molecule is c1ccc2c(c1)CNC(c1ccc3c(c1)OCO3)N2. The van der Waals surface area contributed by atoms with Gasteiger partial charge in [-0.05, 0) is 29.3 Å². The van der Waals surface area contributed by atoms with Crippen molar-refractivity contribution in [3.8, 4) is 11.5 Å². The summed E-state index contributed by atoms with van der Waals surface area (Å²) in [6.07, 6.45) is 0.101. The van der Waals surface area contributed by atoms with Crippen molar-refractivity contribution in [2.75, 3.05) is 12.1 Å². The number of rotatable bonds is 1. The fraction of sp³-hybridized carbons (Fsp3) is 0.200. The molecule has 1 atom stereocenters. The van der Waals surface area contributed by atoms with Crippen molar-refractivity contribution in [1.29, 1.82) is 0 Å². The second-order valence-corrected chi connectivity index (χ2v) is 4.73. The summed E-state index contributed by atoms with van der Waals surface area (Å²) in [5.74, 6) is 1.64. The normalized spacial score (nSPS) is 19.7. The van der Waals surface area contributed by atoms with E-state index >= 15 is 0 Å². The van der Waals surface area contributed by atoms with Gasteiger partial charge in [-0.1, -0.05) is 24.3 Å². The molecule has 0 aromatic heterocycles. The first-order valence-electron chi connectivity index (χ1n) is 6.37. The summed E-state index contributed by atoms with van der Waals surface area (Å²) in [6, 6.07) is 14.4. The van der Waals surface area contributed by atoms with E-state index in [0.29, 0.717) is 6.79 Å². The van der Waals surface area contributed by atoms with Crippen LogP contribution in [0, 0.1) is 0 Å². The molecule has 19 heavy (non-hydrogen) atoms. The van der Waals surface area contributed by atoms with E-state index in [1.807, 2.05) is 18.2 Å². The third kappa shape index (κ3) is 1.81. The first kappa shape index (κ1) is 10.7. The molecule has 4 nitrogen and oxygen atoms in total. The fourth-order valence-corrected chi connectivity index (χ4v) is 2.53. The Labute approximate surface area is 111 Å². The zero-order valence-corrected chi connectivity index (χ0v) is 10.3. The van der Waals surface area contributed by atoms with E-state index < -0.39 is 0 Å². The molecule has 1 unspecified atom stereocenters. The van der Waals surface area contributed by atoms with Crippen molar-refractivity contribution in [1.82, 2.24) is 5.32 Å². The van der Waals surface area contributed by atoms with Gasteiger partial charge in [-0.2, -0.15) is 0 Å². The Kier molecular flexibility index (Phi) is 2.35. The van der Waals surface area contributed by atoms with Gasteiger partial charge in [0.05, 0.1) is 0 Å². The van der Waals surface area contributed by atoms with E-state index in [2.05, 4.69) is 34.9 Å². The largest absolute Gasteiger partial charge is 0.454 e. The quantitative estimate of drug-likeness (QED) is 0.821. The molecule has 2 aromatic rings. The second kappa shape index (κ2) is 4.17. The van der Waals surface area contributed by atoms with Crippen LogP contribution in [0.3, 0.4) is 0 Å². The molecule has 2 heterocycles. The molecule has 2 aliphatic rings. The lowest BCUT2D eigenvalue weighted by molar-refractivity contribution is 0.174. The van der Waals surface area contributed by atoms with Gasteiger partial charge in [0.2, 0.25) is 6.79 Å². The van der Waals surface area contributed by atoms with Gasteiger partial charge in [0.25, 0.3) is 0 Å². The van der Waals surface area contributed by atoms with Crippen LogP contribution in [0.4, 0.5) is 5.69 Å². The number of hydrogen-bond donors (Lipinski definition) is 2. The fourth-order valence-electron chi connectivity index (χ4n) is 2.53. The molecule has 0 saturated carbocycles. The average molecular weight is 254 g/mol. The molecule has 0 saturated heterocycles. The number of anilines is 1. The molecular formula is C15H14N2O2. The topological polar surface area (TPSA) is 42.5 Å². The Morgan fingerprint density at radius 3 is 2.89 bits per heavy atom. The predicted octanol–water partition coefficient (Wildman–Crippen LogP) is 2.63. The van der Waals surface area contributed by atoms with Crippen LogP contribution in [0.2, 0.25) is 0 Å². The molecule has 0 bridgehead atoms. The highest BCUT2D eigenvalue weighted by Crippen LogP contribution is 2.35. The first-order valence-corrected chi connectivity index (χ1v) is 6.37. The van der Waals surface area contributed by atoms with Crippen LogP contribution in [0.25, 0.3) is 0 Å². The third-order valence-corrected chi connectivity index (χ3v) is 3.54. The Bertz CT molecular complexity index is 627. The molecule has 4 rings (SSSR count). The zero-order chi connectivity index (χ0) is 12.7. The van der Waals surface area contributed by atoms with Crippen molar-refractivity contribution < 1.29 is 9.47 Å². The summed E-state index contributed by atoms with van der Waals surface area (Å²) in [5, 5.41) is 6.97. The lowest BCUT2D eigenvalue weighted by Gasteiger charge is -2.28. The highest BCUT2D eigenvalue weighted by atomic mass is 16.7. The first-order chi connectivity index (χ1) is 9.40. The molecular weight excluding hydrogens is 240 g/mol. The van der Waals surface area contributed by atoms with Crippen LogP contribution < -0.4 is 20.1 Å². The number of para-hydroxylation sites is 1. The maximum absolute atomic E-state index is 5.42. The van der Waals surface area contributed by atoms with E-state index in [4.69, 9.17) is 9.47 Å². The smallest absolute Gasteiger partial charge is 0.231 e. The zero-order valence-electron chi connectivity index (χ0n) is 10.3. The van der Waals surface area contributed by atoms with Crippen LogP contribution in [0.5, 0.6) is 11.5 Å². The van der Waals surface area contributed by atoms with Crippen LogP contribution in [-0.2, 0) is 6.54 Å². The maximum Gasteiger partial charge on any atom is 0.231 e. The Balaban J connectivity index is 1.64. The molecule has 0 fully saturated rings. The molecule has 0 radical (unpaired) electrons. The summed E-state index contributed by atoms with van der Waals surface area (Å²) in [4.78, 5) is 0. The van der Waals surface area contributed by atoms with E-state index in [-0.39, 0.29) is 6.17 Å². The van der Waals surface area contributed by atoms with Gasteiger partial charge in [-0.25, -0.2) is 0 Å². The minimum atomic E-state index is 0.101. The summed E-state index contributed by atoms with van der Waals surface area (Å²) in [5.41, 5.74) is 3.63. The van der Waals surface area contributed by atoms with E-state index in [1.54, 1.807) is 0 Å². The summed E-state index contributed by atoms with van der Waals surface area (Å²) in [7, 11) is 0. The van der Waals surface area contributed by atoms with Gasteiger partial charge in [0.15, 0.2) is 11.5 Å². The van der Waals surface area contributed by atoms with E-state index in [9.17, 15) is 0 Å². The van der Waals surface area contributed by atoms with Gasteiger partial charge in [-0.3, -0.25) is 5.32 Å². The number of fused-ring (bicyclic) bond motifs is 2. The monoisotopic (exact) mass is 254 g/mol. The van der Waals surface area contributed by atoms with E-state index in [0.717, 1.165) is 23.6 Å². The molecule has 0 spiro atoms. The minimum Gasteiger partial charge on any atom is -0.454 e. The lowest BCUT2D eigenvalue weighted by atomic mass is 10.1. The standard InChI is InChI=1S/C15H14N2O2/c1-2-4-12-11(3-1)8-16-15(17-12)10-5-6-13-14(7-10)19-9-18-13/h1-7,15-17H,8-9H2. The van der Waals surface area contributed by atoms with Crippen molar-refractivity contribution in [2.24, 2.45) is 0 Å². The average Bonchev–Trinajstić information content (AvgIpc) is 2.94. The van der Waals surface area contributed by atoms with Crippen molar-refractivity contribution in [2.45, 2.75) is 12.7 Å². The Morgan fingerprint density at radius 2 is 1.89 bits per heavy atom. The summed E-state index contributed by atoms with van der Waals surface area (Å²) >= 11 is 0. The Morgan fingerprint density at radius 1 is 1.00 bits per heavy atom. The predicted molar refractivity (Wildman–Crippen MR) is 72.2 cm³/mol. The highest BCUT2D eigenvalue weighted by molar-refractivity contribution is 5.55. The van der Waals surface area contributed by atoms with E-state index in [1.165, 1.54) is 11.3 Å². The van der Waals surface area contributed by atoms with Crippen LogP contribution in [0.1, 0.15) is 17.3 Å². The van der Waals surface area contributed by atoms with Gasteiger partial charge in [0.1, 0.15) is 6.17 Å². The molecule has 2 N–H and O–H groups in total. The number of ether oxygens (including phenoxy) is 2. The molecule has 2 aliphatic heterocycles. The van der Waals surface area contributed by atoms with Gasteiger partial charge >= 0.3 is 0 Å². The lowest BCUT2D eigenvalue weighted by Crippen LogP contribution is -2.32. The number of hydrogen-bond acceptors (Lipinski definition) is 4. The van der Waals surface area contributed by atoms with Crippen molar-refractivity contribution in [3.05, 3.63) is 53.6 Å². The second-order valence-electron chi connectivity index (χ2n) is 4.73. The van der Waals surface area contributed by atoms with Crippen molar-refractivity contribution in [3.63, 3.8) is 0 Å². The minimum absolute atomic E-state index is 0.101. The number of benzene rings is 2. The molecule has 2 aromatic carbocycles. The highest BCUT2D eigenvalue weighted by Gasteiger charge is 2.21. The molecule has 0 amide bonds. The Hall–Kier alpha value is -2.20. The molecule has 0 aliphatic carbocycles. The van der Waals surface area contributed by atoms with Crippen LogP contribution in [0.15, 0.2) is 42.5 Å².